The summed E-state index contributed by atoms with van der Waals surface area (Å²) in [5.41, 5.74) is 6.30. The third-order valence-electron chi connectivity index (χ3n) is 2.88. The molecule has 98 valence electrons. The second-order valence-corrected chi connectivity index (χ2v) is 4.48. The zero-order valence-corrected chi connectivity index (χ0v) is 11.0. The van der Waals surface area contributed by atoms with Crippen molar-refractivity contribution < 1.29 is 4.74 Å². The fourth-order valence-corrected chi connectivity index (χ4v) is 2.06. The highest BCUT2D eigenvalue weighted by molar-refractivity contribution is 6.65. The number of imidazole rings is 1. The van der Waals surface area contributed by atoms with Crippen molar-refractivity contribution in [3.63, 3.8) is 0 Å². The van der Waals surface area contributed by atoms with E-state index in [1.54, 1.807) is 6.33 Å². The fourth-order valence-electron chi connectivity index (χ4n) is 1.98. The lowest BCUT2D eigenvalue weighted by Gasteiger charge is -2.14. The predicted octanol–water partition coefficient (Wildman–Crippen LogP) is 1.97. The van der Waals surface area contributed by atoms with Crippen molar-refractivity contribution in [2.75, 3.05) is 0 Å². The fraction of sp³-hybridized carbons (Fsp3) is 0.545. The predicted molar refractivity (Wildman–Crippen MR) is 71.4 cm³/mol. The van der Waals surface area contributed by atoms with E-state index in [1.807, 2.05) is 11.5 Å². The smallest absolute Gasteiger partial charge is 0.223 e. The minimum Gasteiger partial charge on any atom is -0.355 e. The maximum atomic E-state index is 5.79. The zero-order valence-electron chi connectivity index (χ0n) is 10.2. The van der Waals surface area contributed by atoms with Gasteiger partial charge in [0.25, 0.3) is 0 Å². The van der Waals surface area contributed by atoms with Crippen LogP contribution in [0.25, 0.3) is 0 Å². The second kappa shape index (κ2) is 5.60. The van der Waals surface area contributed by atoms with Gasteiger partial charge in [-0.3, -0.25) is 4.57 Å². The third-order valence-corrected chi connectivity index (χ3v) is 3.09. The molecule has 18 heavy (non-hydrogen) atoms. The van der Waals surface area contributed by atoms with E-state index in [-0.39, 0.29) is 24.2 Å². The minimum atomic E-state index is -0.0687. The molecule has 0 bridgehead atoms. The molecule has 0 radical (unpaired) electrons. The first-order valence-electron chi connectivity index (χ1n) is 5.77. The van der Waals surface area contributed by atoms with Gasteiger partial charge in [0.15, 0.2) is 5.82 Å². The molecule has 2 rings (SSSR count). The van der Waals surface area contributed by atoms with Crippen LogP contribution in [0.15, 0.2) is 16.3 Å². The van der Waals surface area contributed by atoms with Gasteiger partial charge in [-0.25, -0.2) is 9.98 Å². The largest absolute Gasteiger partial charge is 0.355 e. The zero-order chi connectivity index (χ0) is 13.1. The lowest BCUT2D eigenvalue weighted by molar-refractivity contribution is 0.0120. The first-order chi connectivity index (χ1) is 8.65. The Balaban J connectivity index is 2.35. The monoisotopic (exact) mass is 269 g/mol. The standard InChI is InChI=1S/C11H16ClN5O/c1-7-3-4-9(18-7)17-6-15-8(5-13)10(17)16-11(12)14-2/h6-7,9H,2-5,13H2,1H3/b16-11-. The first kappa shape index (κ1) is 13.2. The number of nitrogens with two attached hydrogens (primary N) is 1. The number of aliphatic imine (C=N–C) groups is 2. The van der Waals surface area contributed by atoms with Crippen molar-refractivity contribution in [3.8, 4) is 0 Å². The molecule has 1 saturated heterocycles. The van der Waals surface area contributed by atoms with Crippen molar-refractivity contribution >= 4 is 29.4 Å². The summed E-state index contributed by atoms with van der Waals surface area (Å²) >= 11 is 5.79. The van der Waals surface area contributed by atoms with Crippen LogP contribution in [0.3, 0.4) is 0 Å². The molecule has 1 aliphatic rings. The summed E-state index contributed by atoms with van der Waals surface area (Å²) in [4.78, 5) is 12.0. The van der Waals surface area contributed by atoms with Crippen molar-refractivity contribution in [2.24, 2.45) is 15.7 Å². The highest BCUT2D eigenvalue weighted by atomic mass is 35.5. The molecule has 2 heterocycles. The van der Waals surface area contributed by atoms with Gasteiger partial charge in [0, 0.05) is 6.54 Å². The molecule has 1 aromatic rings. The van der Waals surface area contributed by atoms with Crippen LogP contribution in [0.5, 0.6) is 0 Å². The van der Waals surface area contributed by atoms with Crippen molar-refractivity contribution in [1.82, 2.24) is 9.55 Å². The number of amidine groups is 1. The van der Waals surface area contributed by atoms with Gasteiger partial charge in [0.1, 0.15) is 6.23 Å². The maximum absolute atomic E-state index is 5.79. The molecular formula is C11H16ClN5O. The highest BCUT2D eigenvalue weighted by Gasteiger charge is 2.26. The summed E-state index contributed by atoms with van der Waals surface area (Å²) in [6, 6.07) is 0. The van der Waals surface area contributed by atoms with E-state index in [0.29, 0.717) is 11.5 Å². The Kier molecular flexibility index (Phi) is 4.11. The maximum Gasteiger partial charge on any atom is 0.223 e. The Morgan fingerprint density at radius 3 is 3.06 bits per heavy atom. The van der Waals surface area contributed by atoms with E-state index in [2.05, 4.69) is 21.7 Å². The third kappa shape index (κ3) is 2.60. The van der Waals surface area contributed by atoms with Gasteiger partial charge in [0.05, 0.1) is 18.1 Å². The molecule has 2 atom stereocenters. The summed E-state index contributed by atoms with van der Waals surface area (Å²) in [6.45, 7) is 5.66. The molecule has 7 heteroatoms. The van der Waals surface area contributed by atoms with Gasteiger partial charge in [-0.2, -0.15) is 4.99 Å². The van der Waals surface area contributed by atoms with Crippen LogP contribution in [0, 0.1) is 0 Å². The summed E-state index contributed by atoms with van der Waals surface area (Å²) in [5, 5.41) is 0.0671. The number of halogens is 1. The van der Waals surface area contributed by atoms with E-state index in [9.17, 15) is 0 Å². The quantitative estimate of drug-likeness (QED) is 0.518. The minimum absolute atomic E-state index is 0.0671. The summed E-state index contributed by atoms with van der Waals surface area (Å²) < 4.78 is 7.63. The van der Waals surface area contributed by atoms with E-state index in [4.69, 9.17) is 22.1 Å². The molecule has 1 fully saturated rings. The summed E-state index contributed by atoms with van der Waals surface area (Å²) in [7, 11) is 0. The van der Waals surface area contributed by atoms with Crippen molar-refractivity contribution in [2.45, 2.75) is 38.6 Å². The van der Waals surface area contributed by atoms with Crippen molar-refractivity contribution in [1.29, 1.82) is 0 Å². The Bertz CT molecular complexity index is 470. The van der Waals surface area contributed by atoms with Gasteiger partial charge in [-0.15, -0.1) is 0 Å². The lowest BCUT2D eigenvalue weighted by Crippen LogP contribution is -2.08. The number of nitrogens with zero attached hydrogens (tertiary/aromatic N) is 4. The molecule has 0 aliphatic carbocycles. The van der Waals surface area contributed by atoms with E-state index in [1.165, 1.54) is 0 Å². The van der Waals surface area contributed by atoms with Crippen LogP contribution >= 0.6 is 11.6 Å². The van der Waals surface area contributed by atoms with Crippen LogP contribution in [0.1, 0.15) is 31.7 Å². The van der Waals surface area contributed by atoms with Crippen LogP contribution in [0.2, 0.25) is 0 Å². The Labute approximate surface area is 111 Å². The SMILES string of the molecule is C=N/C(Cl)=N\c1c(CN)ncn1C1CCC(C)O1. The molecule has 2 N–H and O–H groups in total. The number of rotatable bonds is 3. The number of hydrogen-bond acceptors (Lipinski definition) is 4. The lowest BCUT2D eigenvalue weighted by atomic mass is 10.2. The number of hydrogen-bond donors (Lipinski definition) is 1. The molecule has 2 unspecified atom stereocenters. The van der Waals surface area contributed by atoms with Crippen LogP contribution in [-0.2, 0) is 11.3 Å². The van der Waals surface area contributed by atoms with E-state index >= 15 is 0 Å². The van der Waals surface area contributed by atoms with Gasteiger partial charge >= 0.3 is 0 Å². The van der Waals surface area contributed by atoms with Gasteiger partial charge in [-0.05, 0) is 38.1 Å². The van der Waals surface area contributed by atoms with Crippen molar-refractivity contribution in [3.05, 3.63) is 12.0 Å². The molecule has 0 aromatic carbocycles. The Morgan fingerprint density at radius 2 is 2.50 bits per heavy atom. The summed E-state index contributed by atoms with van der Waals surface area (Å²) in [5.74, 6) is 0.592. The second-order valence-electron chi connectivity index (χ2n) is 4.14. The molecule has 0 spiro atoms. The normalized spacial score (nSPS) is 24.5. The average Bonchev–Trinajstić information content (AvgIpc) is 2.95. The number of ether oxygens (including phenoxy) is 1. The summed E-state index contributed by atoms with van der Waals surface area (Å²) in [6.07, 6.45) is 3.78. The van der Waals surface area contributed by atoms with Gasteiger partial charge < -0.3 is 10.5 Å². The molecule has 1 aliphatic heterocycles. The molecule has 0 amide bonds. The Morgan fingerprint density at radius 1 is 1.72 bits per heavy atom. The van der Waals surface area contributed by atoms with E-state index < -0.39 is 0 Å². The van der Waals surface area contributed by atoms with Gasteiger partial charge in [-0.1, -0.05) is 0 Å². The van der Waals surface area contributed by atoms with Crippen LogP contribution < -0.4 is 5.73 Å². The topological polar surface area (TPSA) is 77.8 Å². The highest BCUT2D eigenvalue weighted by Crippen LogP contribution is 2.33. The van der Waals surface area contributed by atoms with E-state index in [0.717, 1.165) is 12.8 Å². The van der Waals surface area contributed by atoms with Gasteiger partial charge in [0.2, 0.25) is 5.29 Å². The Hall–Kier alpha value is -1.24. The molecule has 0 saturated carbocycles. The molecule has 1 aromatic heterocycles. The molecular weight excluding hydrogens is 254 g/mol. The van der Waals surface area contributed by atoms with Crippen LogP contribution in [0.4, 0.5) is 5.82 Å². The van der Waals surface area contributed by atoms with Crippen LogP contribution in [-0.4, -0.2) is 27.7 Å². The molecule has 6 nitrogen and oxygen atoms in total. The average molecular weight is 270 g/mol. The number of aromatic nitrogens is 2. The first-order valence-corrected chi connectivity index (χ1v) is 6.15.